The van der Waals surface area contributed by atoms with Gasteiger partial charge in [-0.2, -0.15) is 13.2 Å². The number of aliphatic carboxylic acids is 1. The summed E-state index contributed by atoms with van der Waals surface area (Å²) < 4.78 is 36.2. The lowest BCUT2D eigenvalue weighted by molar-refractivity contribution is -0.137. The van der Waals surface area contributed by atoms with E-state index in [1.165, 1.54) is 12.3 Å². The Kier molecular flexibility index (Phi) is 4.30. The van der Waals surface area contributed by atoms with Crippen LogP contribution in [0.4, 0.5) is 19.0 Å². The molecular weight excluding hydrogens is 237 g/mol. The molecular formula is C10H11F3N2O2. The molecule has 0 spiro atoms. The highest BCUT2D eigenvalue weighted by Gasteiger charge is 2.28. The van der Waals surface area contributed by atoms with Crippen molar-refractivity contribution >= 4 is 11.8 Å². The molecule has 94 valence electrons. The smallest absolute Gasteiger partial charge is 0.390 e. The van der Waals surface area contributed by atoms with Crippen LogP contribution in [-0.2, 0) is 4.79 Å². The van der Waals surface area contributed by atoms with Crippen LogP contribution in [0.2, 0.25) is 0 Å². The van der Waals surface area contributed by atoms with Crippen LogP contribution in [0.5, 0.6) is 0 Å². The van der Waals surface area contributed by atoms with Crippen LogP contribution in [0.3, 0.4) is 0 Å². The van der Waals surface area contributed by atoms with Crippen LogP contribution in [0.15, 0.2) is 24.4 Å². The number of carbonyl (C=O) groups is 1. The second kappa shape index (κ2) is 5.51. The van der Waals surface area contributed by atoms with Gasteiger partial charge in [0.25, 0.3) is 0 Å². The number of carboxylic acid groups (broad SMARTS) is 1. The van der Waals surface area contributed by atoms with Gasteiger partial charge >= 0.3 is 12.1 Å². The minimum atomic E-state index is -4.31. The summed E-state index contributed by atoms with van der Waals surface area (Å²) in [6, 6.07) is 4.66. The van der Waals surface area contributed by atoms with Crippen molar-refractivity contribution in [3.63, 3.8) is 0 Å². The van der Waals surface area contributed by atoms with E-state index in [2.05, 4.69) is 4.98 Å². The third-order valence-corrected chi connectivity index (χ3v) is 1.96. The molecule has 0 aromatic carbocycles. The van der Waals surface area contributed by atoms with E-state index in [-0.39, 0.29) is 5.82 Å². The summed E-state index contributed by atoms with van der Waals surface area (Å²) in [5, 5.41) is 8.62. The van der Waals surface area contributed by atoms with Gasteiger partial charge in [-0.15, -0.1) is 0 Å². The first-order valence-electron chi connectivity index (χ1n) is 4.83. The van der Waals surface area contributed by atoms with E-state index in [4.69, 9.17) is 5.11 Å². The second-order valence-corrected chi connectivity index (χ2v) is 3.37. The fraction of sp³-hybridized carbons (Fsp3) is 0.400. The van der Waals surface area contributed by atoms with Crippen molar-refractivity contribution in [2.45, 2.75) is 12.6 Å². The molecule has 0 amide bonds. The summed E-state index contributed by atoms with van der Waals surface area (Å²) in [5.41, 5.74) is 0. The van der Waals surface area contributed by atoms with E-state index in [1.54, 1.807) is 12.1 Å². The lowest BCUT2D eigenvalue weighted by Gasteiger charge is -2.22. The molecule has 0 unspecified atom stereocenters. The van der Waals surface area contributed by atoms with Gasteiger partial charge in [-0.05, 0) is 12.1 Å². The molecule has 0 radical (unpaired) electrons. The van der Waals surface area contributed by atoms with Crippen molar-refractivity contribution in [2.24, 2.45) is 0 Å². The number of hydrogen-bond donors (Lipinski definition) is 1. The van der Waals surface area contributed by atoms with Crippen LogP contribution in [0.25, 0.3) is 0 Å². The van der Waals surface area contributed by atoms with Crippen molar-refractivity contribution in [3.05, 3.63) is 24.4 Å². The van der Waals surface area contributed by atoms with Crippen molar-refractivity contribution < 1.29 is 23.1 Å². The molecule has 0 aliphatic rings. The lowest BCUT2D eigenvalue weighted by Crippen LogP contribution is -2.33. The Labute approximate surface area is 95.7 Å². The maximum absolute atomic E-state index is 12.1. The minimum Gasteiger partial charge on any atom is -0.480 e. The topological polar surface area (TPSA) is 53.4 Å². The second-order valence-electron chi connectivity index (χ2n) is 3.37. The van der Waals surface area contributed by atoms with Crippen LogP contribution in [0, 0.1) is 0 Å². The largest absolute Gasteiger partial charge is 0.480 e. The summed E-state index contributed by atoms with van der Waals surface area (Å²) in [6.45, 7) is -0.931. The molecule has 4 nitrogen and oxygen atoms in total. The van der Waals surface area contributed by atoms with Gasteiger partial charge in [-0.3, -0.25) is 4.79 Å². The molecule has 17 heavy (non-hydrogen) atoms. The van der Waals surface area contributed by atoms with Gasteiger partial charge in [0.05, 0.1) is 6.42 Å². The molecule has 1 aromatic rings. The molecule has 1 rings (SSSR count). The van der Waals surface area contributed by atoms with Gasteiger partial charge < -0.3 is 10.0 Å². The normalized spacial score (nSPS) is 11.2. The maximum atomic E-state index is 12.1. The molecule has 0 bridgehead atoms. The van der Waals surface area contributed by atoms with Crippen LogP contribution in [-0.4, -0.2) is 35.3 Å². The molecule has 1 aromatic heterocycles. The summed E-state index contributed by atoms with van der Waals surface area (Å²) in [5.74, 6) is -0.975. The Balaban J connectivity index is 2.71. The summed E-state index contributed by atoms with van der Waals surface area (Å²) >= 11 is 0. The number of anilines is 1. The molecule has 0 atom stereocenters. The Morgan fingerprint density at radius 2 is 2.12 bits per heavy atom. The zero-order chi connectivity index (χ0) is 12.9. The zero-order valence-electron chi connectivity index (χ0n) is 8.81. The molecule has 1 heterocycles. The highest BCUT2D eigenvalue weighted by atomic mass is 19.4. The predicted octanol–water partition coefficient (Wildman–Crippen LogP) is 1.93. The highest BCUT2D eigenvalue weighted by molar-refractivity contribution is 5.73. The quantitative estimate of drug-likeness (QED) is 0.865. The summed E-state index contributed by atoms with van der Waals surface area (Å²) in [6.07, 6.45) is -3.99. The van der Waals surface area contributed by atoms with E-state index in [0.717, 1.165) is 4.90 Å². The third kappa shape index (κ3) is 5.19. The monoisotopic (exact) mass is 248 g/mol. The molecule has 0 saturated carbocycles. The molecule has 0 aliphatic carbocycles. The average molecular weight is 248 g/mol. The Morgan fingerprint density at radius 3 is 2.59 bits per heavy atom. The van der Waals surface area contributed by atoms with Gasteiger partial charge in [-0.1, -0.05) is 6.07 Å². The Morgan fingerprint density at radius 1 is 1.41 bits per heavy atom. The van der Waals surface area contributed by atoms with E-state index < -0.39 is 31.7 Å². The van der Waals surface area contributed by atoms with Gasteiger partial charge in [0.2, 0.25) is 0 Å². The Hall–Kier alpha value is -1.79. The lowest BCUT2D eigenvalue weighted by atomic mass is 10.3. The number of hydrogen-bond acceptors (Lipinski definition) is 3. The van der Waals surface area contributed by atoms with Crippen molar-refractivity contribution in [1.82, 2.24) is 4.98 Å². The highest BCUT2D eigenvalue weighted by Crippen LogP contribution is 2.21. The number of rotatable bonds is 5. The third-order valence-electron chi connectivity index (χ3n) is 1.96. The zero-order valence-corrected chi connectivity index (χ0v) is 8.81. The maximum Gasteiger partial charge on any atom is 0.390 e. The van der Waals surface area contributed by atoms with Gasteiger partial charge in [0, 0.05) is 12.7 Å². The van der Waals surface area contributed by atoms with Crippen molar-refractivity contribution in [2.75, 3.05) is 18.0 Å². The van der Waals surface area contributed by atoms with Crippen LogP contribution >= 0.6 is 0 Å². The van der Waals surface area contributed by atoms with Crippen LogP contribution < -0.4 is 4.90 Å². The van der Waals surface area contributed by atoms with E-state index in [0.29, 0.717) is 0 Å². The fourth-order valence-corrected chi connectivity index (χ4v) is 1.24. The Bertz CT molecular complexity index is 368. The van der Waals surface area contributed by atoms with Crippen LogP contribution in [0.1, 0.15) is 6.42 Å². The average Bonchev–Trinajstić information content (AvgIpc) is 2.24. The van der Waals surface area contributed by atoms with Gasteiger partial charge in [0.1, 0.15) is 12.4 Å². The molecule has 0 fully saturated rings. The van der Waals surface area contributed by atoms with Crippen molar-refractivity contribution in [1.29, 1.82) is 0 Å². The van der Waals surface area contributed by atoms with E-state index >= 15 is 0 Å². The molecule has 0 aliphatic heterocycles. The van der Waals surface area contributed by atoms with E-state index in [9.17, 15) is 18.0 Å². The first-order chi connectivity index (χ1) is 7.88. The fourth-order valence-electron chi connectivity index (χ4n) is 1.24. The number of carboxylic acids is 1. The van der Waals surface area contributed by atoms with Crippen molar-refractivity contribution in [3.8, 4) is 0 Å². The molecule has 7 heteroatoms. The van der Waals surface area contributed by atoms with Gasteiger partial charge in [0.15, 0.2) is 0 Å². The summed E-state index contributed by atoms with van der Waals surface area (Å²) in [4.78, 5) is 15.5. The SMILES string of the molecule is O=C(O)CN(CCC(F)(F)F)c1ccccn1. The number of nitrogens with zero attached hydrogens (tertiary/aromatic N) is 2. The number of alkyl halides is 3. The predicted molar refractivity (Wildman–Crippen MR) is 54.8 cm³/mol. The van der Waals surface area contributed by atoms with Gasteiger partial charge in [-0.25, -0.2) is 4.98 Å². The first-order valence-corrected chi connectivity index (χ1v) is 4.83. The van der Waals surface area contributed by atoms with E-state index in [1.807, 2.05) is 0 Å². The number of pyridine rings is 1. The number of halogens is 3. The molecule has 0 saturated heterocycles. The first kappa shape index (κ1) is 13.3. The summed E-state index contributed by atoms with van der Waals surface area (Å²) in [7, 11) is 0. The number of aromatic nitrogens is 1. The minimum absolute atomic E-state index is 0.221. The standard InChI is InChI=1S/C10H11F3N2O2/c11-10(12,13)4-6-15(7-9(16)17)8-3-1-2-5-14-8/h1-3,5H,4,6-7H2,(H,16,17). The molecule has 1 N–H and O–H groups in total.